The second kappa shape index (κ2) is 7.07. The van der Waals surface area contributed by atoms with Crippen molar-refractivity contribution in [3.05, 3.63) is 22.2 Å². The Hall–Kier alpha value is -1.66. The minimum absolute atomic E-state index is 0.0145. The fraction of sp³-hybridized carbons (Fsp3) is 0.500. The van der Waals surface area contributed by atoms with Crippen LogP contribution < -0.4 is 10.8 Å². The lowest BCUT2D eigenvalue weighted by Gasteiger charge is -2.29. The lowest BCUT2D eigenvalue weighted by Crippen LogP contribution is -2.41. The number of anilines is 2. The summed E-state index contributed by atoms with van der Waals surface area (Å²) >= 11 is 12.3. The normalized spacial score (nSPS) is 11.8. The third-order valence-corrected chi connectivity index (χ3v) is 3.16. The van der Waals surface area contributed by atoms with Crippen LogP contribution in [0.4, 0.5) is 16.2 Å². The van der Waals surface area contributed by atoms with Gasteiger partial charge in [0.1, 0.15) is 11.3 Å². The molecule has 134 valence electrons. The summed E-state index contributed by atoms with van der Waals surface area (Å²) in [6.07, 6.45) is -0.923. The molecule has 0 saturated carbocycles. The van der Waals surface area contributed by atoms with Gasteiger partial charge in [0.25, 0.3) is 0 Å². The summed E-state index contributed by atoms with van der Waals surface area (Å²) in [6, 6.07) is 2.79. The predicted molar refractivity (Wildman–Crippen MR) is 95.1 cm³/mol. The predicted octanol–water partition coefficient (Wildman–Crippen LogP) is 4.82. The quantitative estimate of drug-likeness (QED) is 0.560. The van der Waals surface area contributed by atoms with Crippen molar-refractivity contribution in [3.8, 4) is 0 Å². The van der Waals surface area contributed by atoms with Crippen molar-refractivity contribution in [1.82, 2.24) is 0 Å². The molecule has 2 N–H and O–H groups in total. The van der Waals surface area contributed by atoms with Crippen molar-refractivity contribution in [2.24, 2.45) is 5.41 Å². The highest BCUT2D eigenvalue weighted by atomic mass is 35.5. The molecular weight excluding hydrogens is 355 g/mol. The number of carbonyl (C=O) groups excluding carboxylic acids is 2. The molecule has 6 nitrogen and oxygen atoms in total. The Morgan fingerprint density at radius 2 is 1.50 bits per heavy atom. The first-order valence-corrected chi connectivity index (χ1v) is 7.98. The number of hydroxylamine groups is 1. The first kappa shape index (κ1) is 20.4. The maximum Gasteiger partial charge on any atom is 0.448 e. The van der Waals surface area contributed by atoms with Gasteiger partial charge in [0.2, 0.25) is 0 Å². The van der Waals surface area contributed by atoms with E-state index >= 15 is 0 Å². The number of nitrogens with two attached hydrogens (primary N) is 1. The summed E-state index contributed by atoms with van der Waals surface area (Å²) in [4.78, 5) is 29.9. The highest BCUT2D eigenvalue weighted by Crippen LogP contribution is 2.37. The average Bonchev–Trinajstić information content (AvgIpc) is 2.32. The minimum Gasteiger partial charge on any atom is -0.441 e. The van der Waals surface area contributed by atoms with Gasteiger partial charge >= 0.3 is 12.1 Å². The van der Waals surface area contributed by atoms with Crippen molar-refractivity contribution in [2.75, 3.05) is 10.8 Å². The molecular formula is C16H22Cl2N2O4. The summed E-state index contributed by atoms with van der Waals surface area (Å²) in [6.45, 7) is 9.99. The molecule has 1 aromatic rings. The molecule has 0 fully saturated rings. The van der Waals surface area contributed by atoms with Crippen LogP contribution in [0.5, 0.6) is 0 Å². The Bertz CT molecular complexity index is 625. The van der Waals surface area contributed by atoms with Crippen LogP contribution in [0.25, 0.3) is 0 Å². The van der Waals surface area contributed by atoms with Crippen molar-refractivity contribution in [2.45, 2.75) is 47.1 Å². The Balaban J connectivity index is 3.34. The molecule has 0 bridgehead atoms. The van der Waals surface area contributed by atoms with Gasteiger partial charge in [-0.2, -0.15) is 0 Å². The van der Waals surface area contributed by atoms with E-state index < -0.39 is 23.1 Å². The van der Waals surface area contributed by atoms with Crippen LogP contribution in [-0.2, 0) is 14.4 Å². The number of nitrogen functional groups attached to an aromatic ring is 1. The van der Waals surface area contributed by atoms with Crippen LogP contribution in [0.3, 0.4) is 0 Å². The number of rotatable bonds is 1. The molecule has 0 aliphatic heterocycles. The number of ether oxygens (including phenoxy) is 1. The summed E-state index contributed by atoms with van der Waals surface area (Å²) in [5.41, 5.74) is 4.29. The number of amides is 1. The zero-order valence-electron chi connectivity index (χ0n) is 14.6. The number of carbonyl (C=O) groups is 2. The molecule has 0 aromatic heterocycles. The molecule has 0 unspecified atom stereocenters. The van der Waals surface area contributed by atoms with Gasteiger partial charge in [-0.25, -0.2) is 9.59 Å². The second-order valence-electron chi connectivity index (χ2n) is 7.24. The van der Waals surface area contributed by atoms with Gasteiger partial charge in [0.05, 0.1) is 15.5 Å². The number of hydrogen-bond donors (Lipinski definition) is 1. The Labute approximate surface area is 151 Å². The van der Waals surface area contributed by atoms with E-state index in [1.807, 2.05) is 0 Å². The Morgan fingerprint density at radius 3 is 1.88 bits per heavy atom. The number of halogens is 2. The fourth-order valence-corrected chi connectivity index (χ4v) is 2.13. The van der Waals surface area contributed by atoms with E-state index in [0.717, 1.165) is 0 Å². The molecule has 0 atom stereocenters. The van der Waals surface area contributed by atoms with Gasteiger partial charge in [0, 0.05) is 5.69 Å². The molecule has 0 aliphatic rings. The number of nitrogens with zero attached hydrogens (tertiary/aromatic N) is 1. The highest BCUT2D eigenvalue weighted by Gasteiger charge is 2.34. The maximum atomic E-state index is 12.5. The van der Waals surface area contributed by atoms with Gasteiger partial charge in [-0.05, 0) is 53.7 Å². The van der Waals surface area contributed by atoms with Crippen LogP contribution >= 0.6 is 23.2 Å². The largest absolute Gasteiger partial charge is 0.448 e. The standard InChI is InChI=1S/C16H22Cl2N2O4/c1-15(2,3)13(21)24-20(14(22)23-16(4,5)6)12-10(17)7-9(19)8-11(12)18/h7-8H,19H2,1-6H3. The molecule has 8 heteroatoms. The zero-order chi connectivity index (χ0) is 18.9. The molecule has 1 rings (SSSR count). The first-order valence-electron chi connectivity index (χ1n) is 7.22. The lowest BCUT2D eigenvalue weighted by atomic mass is 9.98. The lowest BCUT2D eigenvalue weighted by molar-refractivity contribution is -0.154. The third kappa shape index (κ3) is 5.46. The van der Waals surface area contributed by atoms with E-state index in [1.54, 1.807) is 41.5 Å². The molecule has 0 heterocycles. The van der Waals surface area contributed by atoms with E-state index in [4.69, 9.17) is 38.5 Å². The molecule has 1 aromatic carbocycles. The van der Waals surface area contributed by atoms with Crippen LogP contribution in [0.15, 0.2) is 12.1 Å². The zero-order valence-corrected chi connectivity index (χ0v) is 16.1. The Morgan fingerprint density at radius 1 is 1.04 bits per heavy atom. The monoisotopic (exact) mass is 376 g/mol. The second-order valence-corrected chi connectivity index (χ2v) is 8.05. The van der Waals surface area contributed by atoms with Crippen LogP contribution in [0.1, 0.15) is 41.5 Å². The molecule has 0 saturated heterocycles. The summed E-state index contributed by atoms with van der Waals surface area (Å²) in [7, 11) is 0. The van der Waals surface area contributed by atoms with Crippen LogP contribution in [-0.4, -0.2) is 17.7 Å². The highest BCUT2D eigenvalue weighted by molar-refractivity contribution is 6.40. The molecule has 0 radical (unpaired) electrons. The molecule has 0 spiro atoms. The van der Waals surface area contributed by atoms with Gasteiger partial charge in [-0.3, -0.25) is 0 Å². The first-order chi connectivity index (χ1) is 10.7. The van der Waals surface area contributed by atoms with Crippen molar-refractivity contribution < 1.29 is 19.2 Å². The van der Waals surface area contributed by atoms with E-state index in [1.165, 1.54) is 12.1 Å². The third-order valence-electron chi connectivity index (χ3n) is 2.59. The Kier molecular flexibility index (Phi) is 6.00. The van der Waals surface area contributed by atoms with Crippen molar-refractivity contribution in [1.29, 1.82) is 0 Å². The minimum atomic E-state index is -0.923. The van der Waals surface area contributed by atoms with Crippen molar-refractivity contribution in [3.63, 3.8) is 0 Å². The van der Waals surface area contributed by atoms with E-state index in [0.29, 0.717) is 10.8 Å². The number of benzene rings is 1. The smallest absolute Gasteiger partial charge is 0.441 e. The van der Waals surface area contributed by atoms with Crippen LogP contribution in [0, 0.1) is 5.41 Å². The molecule has 0 aliphatic carbocycles. The summed E-state index contributed by atoms with van der Waals surface area (Å²) < 4.78 is 5.27. The van der Waals surface area contributed by atoms with Crippen molar-refractivity contribution >= 4 is 46.6 Å². The average molecular weight is 377 g/mol. The van der Waals surface area contributed by atoms with Gasteiger partial charge in [0.15, 0.2) is 0 Å². The summed E-state index contributed by atoms with van der Waals surface area (Å²) in [5, 5.41) is 0.753. The van der Waals surface area contributed by atoms with Gasteiger partial charge < -0.3 is 15.3 Å². The molecule has 1 amide bonds. The van der Waals surface area contributed by atoms with E-state index in [2.05, 4.69) is 0 Å². The fourth-order valence-electron chi connectivity index (χ4n) is 1.48. The SMILES string of the molecule is CC(C)(C)OC(=O)N(OC(=O)C(C)(C)C)c1c(Cl)cc(N)cc1Cl. The van der Waals surface area contributed by atoms with E-state index in [9.17, 15) is 9.59 Å². The molecule has 24 heavy (non-hydrogen) atoms. The van der Waals surface area contributed by atoms with Gasteiger partial charge in [-0.15, -0.1) is 5.06 Å². The van der Waals surface area contributed by atoms with Gasteiger partial charge in [-0.1, -0.05) is 23.2 Å². The van der Waals surface area contributed by atoms with Crippen LogP contribution in [0.2, 0.25) is 10.0 Å². The number of hydrogen-bond acceptors (Lipinski definition) is 5. The topological polar surface area (TPSA) is 81.9 Å². The summed E-state index contributed by atoms with van der Waals surface area (Å²) in [5.74, 6) is -0.655. The maximum absolute atomic E-state index is 12.5. The van der Waals surface area contributed by atoms with E-state index in [-0.39, 0.29) is 15.7 Å².